The summed E-state index contributed by atoms with van der Waals surface area (Å²) in [6, 6.07) is 2.37. The van der Waals surface area contributed by atoms with E-state index in [1.807, 2.05) is 6.92 Å². The average Bonchev–Trinajstić information content (AvgIpc) is 3.04. The first-order chi connectivity index (χ1) is 13.5. The third-order valence-corrected chi connectivity index (χ3v) is 7.37. The second-order valence-corrected chi connectivity index (χ2v) is 10.5. The summed E-state index contributed by atoms with van der Waals surface area (Å²) in [4.78, 5) is 12.7. The van der Waals surface area contributed by atoms with Crippen molar-refractivity contribution in [2.75, 3.05) is 12.8 Å². The van der Waals surface area contributed by atoms with Crippen molar-refractivity contribution in [1.29, 1.82) is 5.26 Å². The van der Waals surface area contributed by atoms with Gasteiger partial charge < -0.3 is 18.7 Å². The molecular weight excluding hydrogens is 379 g/mol. The van der Waals surface area contributed by atoms with Gasteiger partial charge in [0.25, 0.3) is 0 Å². The van der Waals surface area contributed by atoms with Crippen molar-refractivity contribution in [1.82, 2.24) is 4.67 Å². The molecule has 2 bridgehead atoms. The normalized spacial score (nSPS) is 31.3. The lowest BCUT2D eigenvalue weighted by Crippen LogP contribution is -2.41. The molecule has 7 nitrogen and oxygen atoms in total. The van der Waals surface area contributed by atoms with Crippen molar-refractivity contribution in [3.05, 3.63) is 0 Å². The second-order valence-electron chi connectivity index (χ2n) is 8.84. The molecule has 2 saturated heterocycles. The molecule has 2 fully saturated rings. The predicted molar refractivity (Wildman–Crippen MR) is 108 cm³/mol. The number of nitrogens with zero attached hydrogens (tertiary/aromatic N) is 2. The van der Waals surface area contributed by atoms with E-state index >= 15 is 0 Å². The van der Waals surface area contributed by atoms with Crippen molar-refractivity contribution in [3.63, 3.8) is 0 Å². The number of carbonyl (C=O) groups excluding carboxylic acids is 1. The van der Waals surface area contributed by atoms with Crippen molar-refractivity contribution in [2.45, 2.75) is 103 Å². The zero-order valence-electron chi connectivity index (χ0n) is 19.1. The van der Waals surface area contributed by atoms with E-state index in [1.54, 1.807) is 13.8 Å². The van der Waals surface area contributed by atoms with Gasteiger partial charge >= 0.3 is 5.97 Å². The van der Waals surface area contributed by atoms with Gasteiger partial charge in [0.1, 0.15) is 37.9 Å². The summed E-state index contributed by atoms with van der Waals surface area (Å²) in [5.74, 6) is -0.386. The first kappa shape index (κ1) is 21.9. The molecule has 2 rings (SSSR count). The fraction of sp³-hybridized carbons (Fsp3) is 0.900. The number of rotatable bonds is 9. The summed E-state index contributed by atoms with van der Waals surface area (Å²) in [6.45, 7) is 14.1. The summed E-state index contributed by atoms with van der Waals surface area (Å²) < 4.78 is 34.2. The largest absolute Gasteiger partial charge is 0.458 e. The van der Waals surface area contributed by atoms with Gasteiger partial charge in [-0.25, -0.2) is 0 Å². The fourth-order valence-electron chi connectivity index (χ4n) is 3.88. The summed E-state index contributed by atoms with van der Waals surface area (Å²) in [5, 5.41) is 8.95. The summed E-state index contributed by atoms with van der Waals surface area (Å²) in [5.41, 5.74) is -1.63. The first-order valence-corrected chi connectivity index (χ1v) is 11.3. The molecule has 0 saturated carbocycles. The van der Waals surface area contributed by atoms with E-state index in [-0.39, 0.29) is 55.8 Å². The minimum Gasteiger partial charge on any atom is -0.458 e. The smallest absolute Gasteiger partial charge is 0.314 e. The van der Waals surface area contributed by atoms with Crippen LogP contribution in [0.3, 0.4) is 0 Å². The van der Waals surface area contributed by atoms with Crippen LogP contribution in [-0.4, -0.2) is 65.0 Å². The summed E-state index contributed by atoms with van der Waals surface area (Å²) in [6.07, 6.45) is -0.559. The van der Waals surface area contributed by atoms with E-state index < -0.39 is 19.5 Å². The average molecular weight is 415 g/mol. The van der Waals surface area contributed by atoms with Gasteiger partial charge in [-0.3, -0.25) is 9.46 Å². The van der Waals surface area contributed by atoms with Crippen LogP contribution in [0, 0.1) is 11.3 Å². The number of nitriles is 1. The topological polar surface area (TPSA) is 81.0 Å². The van der Waals surface area contributed by atoms with Gasteiger partial charge in [-0.05, 0) is 55.4 Å². The molecule has 0 aromatic rings. The van der Waals surface area contributed by atoms with Crippen LogP contribution >= 0.6 is 8.30 Å². The SMILES string of the molecule is [2H]C[C@]12COC(C1OP(CC(=O)OC(C)(C)CC#N)N(C(C)C)C(C)C)[C@H](C)O2. The maximum atomic E-state index is 12.7. The van der Waals surface area contributed by atoms with Gasteiger partial charge in [0.15, 0.2) is 0 Å². The lowest BCUT2D eigenvalue weighted by molar-refractivity contribution is -0.152. The molecule has 0 aliphatic carbocycles. The molecule has 8 heteroatoms. The van der Waals surface area contributed by atoms with E-state index in [9.17, 15) is 4.79 Å². The Kier molecular flexibility index (Phi) is 7.00. The molecule has 0 radical (unpaired) electrons. The highest BCUT2D eigenvalue weighted by atomic mass is 31.2. The van der Waals surface area contributed by atoms with Crippen LogP contribution in [-0.2, 0) is 23.5 Å². The highest BCUT2D eigenvalue weighted by molar-refractivity contribution is 7.51. The number of carbonyl (C=O) groups is 1. The zero-order chi connectivity index (χ0) is 22.0. The van der Waals surface area contributed by atoms with Crippen LogP contribution in [0.1, 0.15) is 63.2 Å². The lowest BCUT2D eigenvalue weighted by Gasteiger charge is -2.39. The highest BCUT2D eigenvalue weighted by Gasteiger charge is 2.59. The molecule has 3 unspecified atom stereocenters. The van der Waals surface area contributed by atoms with Crippen molar-refractivity contribution in [2.24, 2.45) is 0 Å². The second kappa shape index (κ2) is 8.93. The maximum Gasteiger partial charge on any atom is 0.314 e. The van der Waals surface area contributed by atoms with Crippen LogP contribution < -0.4 is 0 Å². The Labute approximate surface area is 171 Å². The molecule has 0 N–H and O–H groups in total. The molecular formula is C20H35N2O5P. The Morgan fingerprint density at radius 3 is 2.57 bits per heavy atom. The van der Waals surface area contributed by atoms with Gasteiger partial charge in [-0.1, -0.05) is 0 Å². The van der Waals surface area contributed by atoms with Crippen molar-refractivity contribution < 1.29 is 24.9 Å². The maximum absolute atomic E-state index is 12.7. The first-order valence-electron chi connectivity index (χ1n) is 10.6. The highest BCUT2D eigenvalue weighted by Crippen LogP contribution is 2.52. The third kappa shape index (κ3) is 5.23. The molecule has 0 amide bonds. The molecule has 0 aromatic carbocycles. The third-order valence-electron chi connectivity index (χ3n) is 4.93. The monoisotopic (exact) mass is 415 g/mol. The number of hydrogen-bond donors (Lipinski definition) is 0. The van der Waals surface area contributed by atoms with E-state index in [4.69, 9.17) is 25.4 Å². The molecule has 0 aromatic heterocycles. The number of fused-ring (bicyclic) bond motifs is 2. The zero-order valence-corrected chi connectivity index (χ0v) is 19.0. The van der Waals surface area contributed by atoms with Crippen LogP contribution in [0.5, 0.6) is 0 Å². The Balaban J connectivity index is 2.22. The van der Waals surface area contributed by atoms with E-state index in [0.29, 0.717) is 6.61 Å². The van der Waals surface area contributed by atoms with Crippen LogP contribution in [0.25, 0.3) is 0 Å². The van der Waals surface area contributed by atoms with Crippen molar-refractivity contribution >= 4 is 14.3 Å². The van der Waals surface area contributed by atoms with Crippen LogP contribution in [0.4, 0.5) is 0 Å². The molecule has 0 spiro atoms. The minimum absolute atomic E-state index is 0.0463. The van der Waals surface area contributed by atoms with Crippen LogP contribution in [0.15, 0.2) is 0 Å². The molecule has 160 valence electrons. The standard InChI is InChI=1S/C20H35N2O5P/c1-13(2)22(14(3)4)28(11-16(23)26-19(6,7)9-10-21)27-18-17-15(5)25-20(18,8)12-24-17/h13-15,17-18H,9,11-12H2,1-8H3/t15-,17?,18?,20-,28?/m0/s1/i8D. The Morgan fingerprint density at radius 1 is 1.43 bits per heavy atom. The number of esters is 1. The summed E-state index contributed by atoms with van der Waals surface area (Å²) >= 11 is 0. The minimum atomic E-state index is -1.35. The van der Waals surface area contributed by atoms with Crippen LogP contribution in [0.2, 0.25) is 0 Å². The number of ether oxygens (including phenoxy) is 3. The Bertz CT molecular complexity index is 618. The van der Waals surface area contributed by atoms with E-state index in [1.165, 1.54) is 0 Å². The van der Waals surface area contributed by atoms with Gasteiger partial charge in [-0.2, -0.15) is 5.26 Å². The molecule has 2 aliphatic rings. The Morgan fingerprint density at radius 2 is 2.07 bits per heavy atom. The molecule has 28 heavy (non-hydrogen) atoms. The van der Waals surface area contributed by atoms with E-state index in [2.05, 4.69) is 38.4 Å². The summed E-state index contributed by atoms with van der Waals surface area (Å²) in [7, 11) is -1.35. The van der Waals surface area contributed by atoms with Gasteiger partial charge in [0, 0.05) is 13.5 Å². The lowest BCUT2D eigenvalue weighted by atomic mass is 10.0. The predicted octanol–water partition coefficient (Wildman–Crippen LogP) is 3.61. The molecule has 2 heterocycles. The Hall–Kier alpha value is -0.770. The quantitative estimate of drug-likeness (QED) is 0.420. The van der Waals surface area contributed by atoms with Gasteiger partial charge in [0.2, 0.25) is 0 Å². The fourth-order valence-corrected chi connectivity index (χ4v) is 6.11. The van der Waals surface area contributed by atoms with Gasteiger partial charge in [-0.15, -0.1) is 0 Å². The molecule has 2 aliphatic heterocycles. The van der Waals surface area contributed by atoms with Crippen molar-refractivity contribution in [3.8, 4) is 6.07 Å². The van der Waals surface area contributed by atoms with Gasteiger partial charge in [0.05, 0.1) is 25.2 Å². The number of hydrogen-bond acceptors (Lipinski definition) is 7. The molecule has 5 atom stereocenters. The van der Waals surface area contributed by atoms with E-state index in [0.717, 1.165) is 0 Å².